The Morgan fingerprint density at radius 2 is 1.94 bits per heavy atom. The quantitative estimate of drug-likeness (QED) is 0.588. The van der Waals surface area contributed by atoms with Gasteiger partial charge in [-0.3, -0.25) is 0 Å². The van der Waals surface area contributed by atoms with Crippen molar-refractivity contribution in [1.82, 2.24) is 5.32 Å². The fourth-order valence-corrected chi connectivity index (χ4v) is 2.01. The van der Waals surface area contributed by atoms with Gasteiger partial charge in [-0.15, -0.1) is 0 Å². The number of hydrogen-bond acceptors (Lipinski definition) is 3. The van der Waals surface area contributed by atoms with Crippen LogP contribution in [0.3, 0.4) is 0 Å². The zero-order chi connectivity index (χ0) is 12.1. The van der Waals surface area contributed by atoms with E-state index in [1.54, 1.807) is 7.11 Å². The van der Waals surface area contributed by atoms with Crippen LogP contribution in [0.4, 0.5) is 0 Å². The molecule has 0 aromatic heterocycles. The molecular weight excluding hydrogens is 200 g/mol. The van der Waals surface area contributed by atoms with Gasteiger partial charge >= 0.3 is 0 Å². The minimum atomic E-state index is 0.520. The fourth-order valence-electron chi connectivity index (χ4n) is 2.01. The Hall–Kier alpha value is -1.06. The molecular formula is C13H22N2O. The van der Waals surface area contributed by atoms with Crippen molar-refractivity contribution in [3.8, 4) is 5.75 Å². The topological polar surface area (TPSA) is 47.3 Å². The molecule has 1 aromatic rings. The number of benzene rings is 1. The summed E-state index contributed by atoms with van der Waals surface area (Å²) < 4.78 is 5.51. The predicted octanol–water partition coefficient (Wildman–Crippen LogP) is 1.67. The number of hydrogen-bond donors (Lipinski definition) is 2. The summed E-state index contributed by atoms with van der Waals surface area (Å²) in [4.78, 5) is 0. The molecule has 0 unspecified atom stereocenters. The molecule has 3 nitrogen and oxygen atoms in total. The number of rotatable bonds is 5. The molecule has 16 heavy (non-hydrogen) atoms. The van der Waals surface area contributed by atoms with E-state index in [1.165, 1.54) is 22.3 Å². The summed E-state index contributed by atoms with van der Waals surface area (Å²) in [5.41, 5.74) is 10.5. The molecule has 0 saturated carbocycles. The Morgan fingerprint density at radius 1 is 1.25 bits per heavy atom. The van der Waals surface area contributed by atoms with Gasteiger partial charge in [-0.25, -0.2) is 0 Å². The third-order valence-electron chi connectivity index (χ3n) is 3.02. The van der Waals surface area contributed by atoms with Gasteiger partial charge in [0.15, 0.2) is 0 Å². The molecule has 0 atom stereocenters. The monoisotopic (exact) mass is 222 g/mol. The largest absolute Gasteiger partial charge is 0.496 e. The molecule has 0 radical (unpaired) electrons. The van der Waals surface area contributed by atoms with E-state index in [4.69, 9.17) is 10.5 Å². The van der Waals surface area contributed by atoms with Crippen LogP contribution in [0, 0.1) is 20.8 Å². The van der Waals surface area contributed by atoms with Crippen molar-refractivity contribution in [2.24, 2.45) is 5.73 Å². The van der Waals surface area contributed by atoms with Crippen molar-refractivity contribution in [2.45, 2.75) is 27.2 Å². The average Bonchev–Trinajstić information content (AvgIpc) is 2.26. The minimum Gasteiger partial charge on any atom is -0.496 e. The molecule has 0 spiro atoms. The zero-order valence-electron chi connectivity index (χ0n) is 10.7. The highest BCUT2D eigenvalue weighted by Gasteiger charge is 2.11. The predicted molar refractivity (Wildman–Crippen MR) is 68.0 cm³/mol. The van der Waals surface area contributed by atoms with Crippen LogP contribution in [0.5, 0.6) is 5.75 Å². The SMILES string of the molecule is COc1c(C)c(C)cc(C)c1CCNCN. The lowest BCUT2D eigenvalue weighted by Crippen LogP contribution is -2.24. The third kappa shape index (κ3) is 2.74. The molecule has 0 amide bonds. The minimum absolute atomic E-state index is 0.520. The number of aryl methyl sites for hydroxylation is 2. The van der Waals surface area contributed by atoms with Gasteiger partial charge in [0.2, 0.25) is 0 Å². The van der Waals surface area contributed by atoms with Gasteiger partial charge in [0.25, 0.3) is 0 Å². The summed E-state index contributed by atoms with van der Waals surface area (Å²) in [5.74, 6) is 1.02. The first-order valence-electron chi connectivity index (χ1n) is 5.66. The lowest BCUT2D eigenvalue weighted by Gasteiger charge is -2.16. The van der Waals surface area contributed by atoms with Crippen LogP contribution >= 0.6 is 0 Å². The van der Waals surface area contributed by atoms with E-state index in [0.29, 0.717) is 6.67 Å². The maximum absolute atomic E-state index is 5.51. The summed E-state index contributed by atoms with van der Waals surface area (Å²) in [6.45, 7) is 7.76. The molecule has 3 N–H and O–H groups in total. The Balaban J connectivity index is 3.01. The summed E-state index contributed by atoms with van der Waals surface area (Å²) in [6, 6.07) is 2.22. The molecule has 0 aliphatic carbocycles. The molecule has 90 valence electrons. The fraction of sp³-hybridized carbons (Fsp3) is 0.538. The number of methoxy groups -OCH3 is 1. The van der Waals surface area contributed by atoms with Crippen LogP contribution in [-0.2, 0) is 6.42 Å². The highest BCUT2D eigenvalue weighted by molar-refractivity contribution is 5.49. The number of nitrogens with one attached hydrogen (secondary N) is 1. The van der Waals surface area contributed by atoms with Crippen molar-refractivity contribution in [1.29, 1.82) is 0 Å². The van der Waals surface area contributed by atoms with Crippen LogP contribution in [0.15, 0.2) is 6.07 Å². The summed E-state index contributed by atoms with van der Waals surface area (Å²) in [5, 5.41) is 3.13. The Labute approximate surface area is 98.0 Å². The lowest BCUT2D eigenvalue weighted by atomic mass is 9.97. The van der Waals surface area contributed by atoms with E-state index in [1.807, 2.05) is 0 Å². The molecule has 1 aromatic carbocycles. The molecule has 1 rings (SSSR count). The van der Waals surface area contributed by atoms with Crippen molar-refractivity contribution in [3.63, 3.8) is 0 Å². The normalized spacial score (nSPS) is 10.6. The van der Waals surface area contributed by atoms with Crippen LogP contribution in [-0.4, -0.2) is 20.3 Å². The Bertz CT molecular complexity index is 361. The molecule has 3 heteroatoms. The van der Waals surface area contributed by atoms with Crippen molar-refractivity contribution >= 4 is 0 Å². The summed E-state index contributed by atoms with van der Waals surface area (Å²) in [6.07, 6.45) is 0.952. The molecule has 0 heterocycles. The van der Waals surface area contributed by atoms with Gasteiger partial charge in [0, 0.05) is 13.2 Å². The molecule has 0 aliphatic rings. The standard InChI is InChI=1S/C13H22N2O/c1-9-7-10(2)12(5-6-15-8-14)13(16-4)11(9)3/h7,15H,5-6,8,14H2,1-4H3. The first-order valence-corrected chi connectivity index (χ1v) is 5.66. The summed E-state index contributed by atoms with van der Waals surface area (Å²) in [7, 11) is 1.74. The Kier molecular flexibility index (Phi) is 4.77. The summed E-state index contributed by atoms with van der Waals surface area (Å²) >= 11 is 0. The van der Waals surface area contributed by atoms with Crippen LogP contribution in [0.1, 0.15) is 22.3 Å². The van der Waals surface area contributed by atoms with Crippen molar-refractivity contribution < 1.29 is 4.74 Å². The van der Waals surface area contributed by atoms with Gasteiger partial charge in [0.05, 0.1) is 7.11 Å². The van der Waals surface area contributed by atoms with E-state index in [9.17, 15) is 0 Å². The van der Waals surface area contributed by atoms with Gasteiger partial charge in [-0.2, -0.15) is 0 Å². The number of ether oxygens (including phenoxy) is 1. The maximum atomic E-state index is 5.51. The van der Waals surface area contributed by atoms with Gasteiger partial charge < -0.3 is 15.8 Å². The zero-order valence-corrected chi connectivity index (χ0v) is 10.7. The van der Waals surface area contributed by atoms with E-state index >= 15 is 0 Å². The molecule has 0 fully saturated rings. The highest BCUT2D eigenvalue weighted by Crippen LogP contribution is 2.29. The van der Waals surface area contributed by atoms with Gasteiger partial charge in [0.1, 0.15) is 5.75 Å². The second-order valence-corrected chi connectivity index (χ2v) is 4.10. The first-order chi connectivity index (χ1) is 7.61. The van der Waals surface area contributed by atoms with Crippen LogP contribution < -0.4 is 15.8 Å². The van der Waals surface area contributed by atoms with Crippen LogP contribution in [0.25, 0.3) is 0 Å². The maximum Gasteiger partial charge on any atom is 0.125 e. The second-order valence-electron chi connectivity index (χ2n) is 4.10. The molecule has 0 bridgehead atoms. The lowest BCUT2D eigenvalue weighted by molar-refractivity contribution is 0.405. The van der Waals surface area contributed by atoms with E-state index < -0.39 is 0 Å². The van der Waals surface area contributed by atoms with Crippen molar-refractivity contribution in [3.05, 3.63) is 28.3 Å². The number of nitrogens with two attached hydrogens (primary N) is 1. The van der Waals surface area contributed by atoms with Crippen LogP contribution in [0.2, 0.25) is 0 Å². The third-order valence-corrected chi connectivity index (χ3v) is 3.02. The van der Waals surface area contributed by atoms with Crippen molar-refractivity contribution in [2.75, 3.05) is 20.3 Å². The van der Waals surface area contributed by atoms with Gasteiger partial charge in [-0.1, -0.05) is 6.07 Å². The average molecular weight is 222 g/mol. The van der Waals surface area contributed by atoms with E-state index in [0.717, 1.165) is 18.7 Å². The van der Waals surface area contributed by atoms with E-state index in [2.05, 4.69) is 32.2 Å². The second kappa shape index (κ2) is 5.87. The highest BCUT2D eigenvalue weighted by atomic mass is 16.5. The smallest absolute Gasteiger partial charge is 0.125 e. The first kappa shape index (κ1) is 13.0. The molecule has 0 saturated heterocycles. The Morgan fingerprint density at radius 3 is 2.50 bits per heavy atom. The van der Waals surface area contributed by atoms with Gasteiger partial charge in [-0.05, 0) is 49.4 Å². The molecule has 0 aliphatic heterocycles. The van der Waals surface area contributed by atoms with E-state index in [-0.39, 0.29) is 0 Å².